The lowest BCUT2D eigenvalue weighted by atomic mass is 10.0. The molecule has 0 N–H and O–H groups in total. The number of fused-ring (bicyclic) bond motifs is 1. The van der Waals surface area contributed by atoms with Crippen molar-refractivity contribution in [3.63, 3.8) is 0 Å². The van der Waals surface area contributed by atoms with Gasteiger partial charge in [0.1, 0.15) is 0 Å². The summed E-state index contributed by atoms with van der Waals surface area (Å²) in [5, 5.41) is 8.79. The van der Waals surface area contributed by atoms with Gasteiger partial charge in [-0.2, -0.15) is 5.26 Å². The molecule has 3 nitrogen and oxygen atoms in total. The summed E-state index contributed by atoms with van der Waals surface area (Å²) in [4.78, 5) is 14.1. The van der Waals surface area contributed by atoms with Crippen LogP contribution < -0.4 is 0 Å². The van der Waals surface area contributed by atoms with Gasteiger partial charge in [-0.3, -0.25) is 4.79 Å². The Morgan fingerprint density at radius 1 is 1.44 bits per heavy atom. The van der Waals surface area contributed by atoms with Crippen molar-refractivity contribution in [2.75, 3.05) is 13.1 Å². The third-order valence-electron chi connectivity index (χ3n) is 4.00. The maximum atomic E-state index is 12.2. The van der Waals surface area contributed by atoms with E-state index in [1.165, 1.54) is 6.42 Å². The van der Waals surface area contributed by atoms with E-state index in [9.17, 15) is 4.79 Å². The van der Waals surface area contributed by atoms with E-state index in [1.807, 2.05) is 18.7 Å². The molecule has 1 amide bonds. The second kappa shape index (κ2) is 4.45. The second-order valence-electron chi connectivity index (χ2n) is 5.33. The summed E-state index contributed by atoms with van der Waals surface area (Å²) < 4.78 is 0. The molecule has 0 radical (unpaired) electrons. The Hall–Kier alpha value is -1.04. The number of nitriles is 1. The van der Waals surface area contributed by atoms with E-state index in [0.717, 1.165) is 31.2 Å². The SMILES string of the molecule is CCN(CC(C)C#N)C(=O)C1CC2CC2C1. The van der Waals surface area contributed by atoms with Crippen LogP contribution in [-0.4, -0.2) is 23.9 Å². The van der Waals surface area contributed by atoms with Crippen molar-refractivity contribution in [3.8, 4) is 6.07 Å². The number of hydrogen-bond acceptors (Lipinski definition) is 2. The Bertz CT molecular complexity index is 310. The summed E-state index contributed by atoms with van der Waals surface area (Å²) in [6.07, 6.45) is 3.55. The minimum Gasteiger partial charge on any atom is -0.341 e. The number of carbonyl (C=O) groups excluding carboxylic acids is 1. The molecule has 3 unspecified atom stereocenters. The van der Waals surface area contributed by atoms with Gasteiger partial charge in [-0.1, -0.05) is 0 Å². The fourth-order valence-electron chi connectivity index (χ4n) is 2.92. The highest BCUT2D eigenvalue weighted by molar-refractivity contribution is 5.79. The molecule has 3 heteroatoms. The van der Waals surface area contributed by atoms with E-state index < -0.39 is 0 Å². The van der Waals surface area contributed by atoms with Crippen molar-refractivity contribution in [2.24, 2.45) is 23.7 Å². The first-order valence-corrected chi connectivity index (χ1v) is 6.34. The summed E-state index contributed by atoms with van der Waals surface area (Å²) >= 11 is 0. The molecule has 2 aliphatic carbocycles. The van der Waals surface area contributed by atoms with Gasteiger partial charge in [-0.25, -0.2) is 0 Å². The van der Waals surface area contributed by atoms with E-state index in [2.05, 4.69) is 6.07 Å². The number of hydrogen-bond donors (Lipinski definition) is 0. The molecular weight excluding hydrogens is 200 g/mol. The standard InChI is InChI=1S/C13H20N2O/c1-3-15(8-9(2)7-14)13(16)12-5-10-4-11(10)6-12/h9-12H,3-6,8H2,1-2H3. The summed E-state index contributed by atoms with van der Waals surface area (Å²) in [6, 6.07) is 2.20. The molecule has 2 saturated carbocycles. The molecule has 0 aromatic carbocycles. The first-order chi connectivity index (χ1) is 7.65. The lowest BCUT2D eigenvalue weighted by molar-refractivity contribution is -0.135. The Labute approximate surface area is 97.4 Å². The fraction of sp³-hybridized carbons (Fsp3) is 0.846. The lowest BCUT2D eigenvalue weighted by Crippen LogP contribution is -2.38. The van der Waals surface area contributed by atoms with E-state index in [4.69, 9.17) is 5.26 Å². The minimum atomic E-state index is -0.0557. The molecule has 0 bridgehead atoms. The predicted octanol–water partition coefficient (Wildman–Crippen LogP) is 2.04. The second-order valence-corrected chi connectivity index (χ2v) is 5.33. The van der Waals surface area contributed by atoms with Crippen molar-refractivity contribution in [1.29, 1.82) is 5.26 Å². The molecule has 0 saturated heterocycles. The monoisotopic (exact) mass is 220 g/mol. The van der Waals surface area contributed by atoms with Crippen LogP contribution in [0.25, 0.3) is 0 Å². The van der Waals surface area contributed by atoms with Crippen molar-refractivity contribution >= 4 is 5.91 Å². The van der Waals surface area contributed by atoms with Gasteiger partial charge in [0.25, 0.3) is 0 Å². The molecule has 0 aliphatic heterocycles. The third-order valence-corrected chi connectivity index (χ3v) is 4.00. The summed E-state index contributed by atoms with van der Waals surface area (Å²) in [5.74, 6) is 2.19. The van der Waals surface area contributed by atoms with Crippen molar-refractivity contribution in [3.05, 3.63) is 0 Å². The van der Waals surface area contributed by atoms with Gasteiger partial charge in [0.15, 0.2) is 0 Å². The average Bonchev–Trinajstić information content (AvgIpc) is 2.91. The van der Waals surface area contributed by atoms with Crippen LogP contribution >= 0.6 is 0 Å². The quantitative estimate of drug-likeness (QED) is 0.727. The summed E-state index contributed by atoms with van der Waals surface area (Å²) in [6.45, 7) is 5.20. The smallest absolute Gasteiger partial charge is 0.225 e. The van der Waals surface area contributed by atoms with Crippen LogP contribution in [0.4, 0.5) is 0 Å². The van der Waals surface area contributed by atoms with Gasteiger partial charge in [-0.15, -0.1) is 0 Å². The third kappa shape index (κ3) is 2.21. The van der Waals surface area contributed by atoms with Crippen LogP contribution in [0.15, 0.2) is 0 Å². The summed E-state index contributed by atoms with van der Waals surface area (Å²) in [5.41, 5.74) is 0. The molecule has 0 aromatic heterocycles. The van der Waals surface area contributed by atoms with Crippen molar-refractivity contribution in [2.45, 2.75) is 33.1 Å². The molecule has 2 aliphatic rings. The van der Waals surface area contributed by atoms with Gasteiger partial charge < -0.3 is 4.90 Å². The Morgan fingerprint density at radius 3 is 2.56 bits per heavy atom. The highest BCUT2D eigenvalue weighted by Crippen LogP contribution is 2.54. The molecule has 2 rings (SSSR count). The van der Waals surface area contributed by atoms with Gasteiger partial charge in [0.2, 0.25) is 5.91 Å². The number of amides is 1. The maximum Gasteiger partial charge on any atom is 0.225 e. The highest BCUT2D eigenvalue weighted by Gasteiger charge is 2.48. The molecule has 3 atom stereocenters. The Kier molecular flexibility index (Phi) is 3.18. The molecule has 2 fully saturated rings. The van der Waals surface area contributed by atoms with Crippen LogP contribution in [0.3, 0.4) is 0 Å². The van der Waals surface area contributed by atoms with Gasteiger partial charge in [-0.05, 0) is 44.9 Å². The Balaban J connectivity index is 1.88. The van der Waals surface area contributed by atoms with Crippen LogP contribution in [0.1, 0.15) is 33.1 Å². The topological polar surface area (TPSA) is 44.1 Å². The first-order valence-electron chi connectivity index (χ1n) is 6.34. The number of carbonyl (C=O) groups is 1. The summed E-state index contributed by atoms with van der Waals surface area (Å²) in [7, 11) is 0. The minimum absolute atomic E-state index is 0.0557. The highest BCUT2D eigenvalue weighted by atomic mass is 16.2. The average molecular weight is 220 g/mol. The van der Waals surface area contributed by atoms with Gasteiger partial charge in [0.05, 0.1) is 12.0 Å². The van der Waals surface area contributed by atoms with E-state index in [-0.39, 0.29) is 17.7 Å². The zero-order chi connectivity index (χ0) is 11.7. The Morgan fingerprint density at radius 2 is 2.06 bits per heavy atom. The predicted molar refractivity (Wildman–Crippen MR) is 61.4 cm³/mol. The van der Waals surface area contributed by atoms with Crippen LogP contribution in [-0.2, 0) is 4.79 Å². The molecule has 0 aromatic rings. The van der Waals surface area contributed by atoms with Crippen molar-refractivity contribution < 1.29 is 4.79 Å². The zero-order valence-corrected chi connectivity index (χ0v) is 10.1. The van der Waals surface area contributed by atoms with E-state index in [1.54, 1.807) is 0 Å². The molecule has 16 heavy (non-hydrogen) atoms. The molecule has 0 heterocycles. The van der Waals surface area contributed by atoms with Gasteiger partial charge >= 0.3 is 0 Å². The van der Waals surface area contributed by atoms with Crippen LogP contribution in [0.5, 0.6) is 0 Å². The largest absolute Gasteiger partial charge is 0.341 e. The first kappa shape index (κ1) is 11.4. The molecular formula is C13H20N2O. The number of rotatable bonds is 4. The van der Waals surface area contributed by atoms with E-state index in [0.29, 0.717) is 6.54 Å². The number of nitrogens with zero attached hydrogens (tertiary/aromatic N) is 2. The maximum absolute atomic E-state index is 12.2. The van der Waals surface area contributed by atoms with Crippen LogP contribution in [0.2, 0.25) is 0 Å². The van der Waals surface area contributed by atoms with Crippen LogP contribution in [0, 0.1) is 35.0 Å². The zero-order valence-electron chi connectivity index (χ0n) is 10.1. The lowest BCUT2D eigenvalue weighted by Gasteiger charge is -2.25. The molecule has 0 spiro atoms. The van der Waals surface area contributed by atoms with E-state index >= 15 is 0 Å². The van der Waals surface area contributed by atoms with Crippen molar-refractivity contribution in [1.82, 2.24) is 4.90 Å². The molecule has 88 valence electrons. The normalized spacial score (nSPS) is 32.7. The van der Waals surface area contributed by atoms with Gasteiger partial charge in [0, 0.05) is 19.0 Å². The fourth-order valence-corrected chi connectivity index (χ4v) is 2.92.